The summed E-state index contributed by atoms with van der Waals surface area (Å²) in [6.07, 6.45) is 8.49. The van der Waals surface area contributed by atoms with E-state index in [1.165, 1.54) is 27.6 Å². The minimum Gasteiger partial charge on any atom is -0.497 e. The van der Waals surface area contributed by atoms with Crippen molar-refractivity contribution >= 4 is 27.4 Å². The molecule has 1 aliphatic heterocycles. The highest BCUT2D eigenvalue weighted by Gasteiger charge is 2.16. The Kier molecular flexibility index (Phi) is 4.41. The Bertz CT molecular complexity index is 1150. The topological polar surface area (TPSA) is 41.4 Å². The van der Waals surface area contributed by atoms with Gasteiger partial charge in [0.1, 0.15) is 11.3 Å². The van der Waals surface area contributed by atoms with E-state index in [0.717, 1.165) is 49.2 Å². The van der Waals surface area contributed by atoms with E-state index in [1.807, 2.05) is 18.4 Å². The molecule has 0 bridgehead atoms. The largest absolute Gasteiger partial charge is 0.497 e. The van der Waals surface area contributed by atoms with Gasteiger partial charge in [0.15, 0.2) is 0 Å². The molecule has 0 aliphatic carbocycles. The molecule has 0 atom stereocenters. The second kappa shape index (κ2) is 7.21. The molecular weight excluding hydrogens is 348 g/mol. The van der Waals surface area contributed by atoms with Gasteiger partial charge in [-0.1, -0.05) is 24.3 Å². The van der Waals surface area contributed by atoms with Crippen LogP contribution < -0.4 is 4.74 Å². The maximum Gasteiger partial charge on any atom is 0.134 e. The van der Waals surface area contributed by atoms with Crippen LogP contribution in [0, 0.1) is 0 Å². The monoisotopic (exact) mass is 372 g/mol. The van der Waals surface area contributed by atoms with E-state index >= 15 is 0 Å². The summed E-state index contributed by atoms with van der Waals surface area (Å²) in [6, 6.07) is 14.5. The van der Waals surface area contributed by atoms with Gasteiger partial charge in [-0.2, -0.15) is 0 Å². The van der Waals surface area contributed by atoms with Crippen molar-refractivity contribution in [2.45, 2.75) is 12.8 Å². The van der Waals surface area contributed by atoms with Crippen LogP contribution in [0.25, 0.3) is 27.4 Å². The van der Waals surface area contributed by atoms with Crippen molar-refractivity contribution < 1.29 is 9.15 Å². The van der Waals surface area contributed by atoms with Crippen LogP contribution in [0.4, 0.5) is 0 Å². The number of para-hydroxylation sites is 1. The van der Waals surface area contributed by atoms with Gasteiger partial charge in [-0.05, 0) is 48.2 Å². The van der Waals surface area contributed by atoms with Crippen LogP contribution in [-0.2, 0) is 6.42 Å². The summed E-state index contributed by atoms with van der Waals surface area (Å²) in [6.45, 7) is 3.11. The van der Waals surface area contributed by atoms with E-state index in [0.29, 0.717) is 0 Å². The number of aromatic amines is 1. The first-order valence-corrected chi connectivity index (χ1v) is 9.84. The number of furan rings is 1. The Labute approximate surface area is 164 Å². The predicted molar refractivity (Wildman–Crippen MR) is 114 cm³/mol. The molecule has 2 aromatic heterocycles. The maximum absolute atomic E-state index is 5.71. The summed E-state index contributed by atoms with van der Waals surface area (Å²) in [4.78, 5) is 5.90. The van der Waals surface area contributed by atoms with Crippen molar-refractivity contribution in [2.24, 2.45) is 0 Å². The lowest BCUT2D eigenvalue weighted by atomic mass is 9.98. The molecule has 0 saturated carbocycles. The molecule has 0 amide bonds. The number of hydrogen-bond acceptors (Lipinski definition) is 3. The van der Waals surface area contributed by atoms with Crippen molar-refractivity contribution in [3.8, 4) is 5.75 Å². The number of ether oxygens (including phenoxy) is 1. The maximum atomic E-state index is 5.71. The number of fused-ring (bicyclic) bond motifs is 2. The third-order valence-electron chi connectivity index (χ3n) is 5.79. The summed E-state index contributed by atoms with van der Waals surface area (Å²) >= 11 is 0. The van der Waals surface area contributed by atoms with Gasteiger partial charge >= 0.3 is 0 Å². The number of aromatic nitrogens is 1. The number of rotatable bonds is 5. The zero-order valence-corrected chi connectivity index (χ0v) is 16.1. The van der Waals surface area contributed by atoms with Crippen molar-refractivity contribution in [3.63, 3.8) is 0 Å². The van der Waals surface area contributed by atoms with Gasteiger partial charge in [0, 0.05) is 47.7 Å². The van der Waals surface area contributed by atoms with E-state index in [2.05, 4.69) is 52.5 Å². The summed E-state index contributed by atoms with van der Waals surface area (Å²) in [5, 5.41) is 2.48. The summed E-state index contributed by atoms with van der Waals surface area (Å²) in [5.41, 5.74) is 6.19. The lowest BCUT2D eigenvalue weighted by Crippen LogP contribution is -2.30. The summed E-state index contributed by atoms with van der Waals surface area (Å²) in [7, 11) is 1.70. The molecule has 0 spiro atoms. The average molecular weight is 372 g/mol. The molecule has 1 N–H and O–H groups in total. The molecule has 0 radical (unpaired) electrons. The van der Waals surface area contributed by atoms with Crippen LogP contribution >= 0.6 is 0 Å². The van der Waals surface area contributed by atoms with E-state index in [1.54, 1.807) is 7.11 Å². The third kappa shape index (κ3) is 3.10. The lowest BCUT2D eigenvalue weighted by Gasteiger charge is -2.26. The first-order chi connectivity index (χ1) is 13.8. The molecule has 4 heteroatoms. The third-order valence-corrected chi connectivity index (χ3v) is 5.79. The lowest BCUT2D eigenvalue weighted by molar-refractivity contribution is 0.306. The fraction of sp³-hybridized carbons (Fsp3) is 0.250. The summed E-state index contributed by atoms with van der Waals surface area (Å²) < 4.78 is 11.1. The fourth-order valence-electron chi connectivity index (χ4n) is 4.16. The zero-order chi connectivity index (χ0) is 18.9. The van der Waals surface area contributed by atoms with Crippen LogP contribution in [0.15, 0.2) is 65.4 Å². The normalized spacial score (nSPS) is 15.2. The Morgan fingerprint density at radius 2 is 2.07 bits per heavy atom. The Balaban J connectivity index is 1.27. The molecule has 4 nitrogen and oxygen atoms in total. The average Bonchev–Trinajstić information content (AvgIpc) is 3.36. The van der Waals surface area contributed by atoms with Crippen LogP contribution in [0.3, 0.4) is 0 Å². The highest BCUT2D eigenvalue weighted by atomic mass is 16.5. The fourth-order valence-corrected chi connectivity index (χ4v) is 4.16. The number of benzene rings is 2. The van der Waals surface area contributed by atoms with Gasteiger partial charge in [0.2, 0.25) is 0 Å². The number of methoxy groups -OCH3 is 1. The van der Waals surface area contributed by atoms with Gasteiger partial charge in [-0.3, -0.25) is 4.90 Å². The highest BCUT2D eigenvalue weighted by molar-refractivity contribution is 5.92. The van der Waals surface area contributed by atoms with Gasteiger partial charge in [0.25, 0.3) is 0 Å². The van der Waals surface area contributed by atoms with Crippen LogP contribution in [-0.4, -0.2) is 36.6 Å². The summed E-state index contributed by atoms with van der Waals surface area (Å²) in [5.74, 6) is 0.874. The number of nitrogens with zero attached hydrogens (tertiary/aromatic N) is 1. The second-order valence-corrected chi connectivity index (χ2v) is 7.40. The van der Waals surface area contributed by atoms with Crippen LogP contribution in [0.1, 0.15) is 17.5 Å². The van der Waals surface area contributed by atoms with Gasteiger partial charge < -0.3 is 14.1 Å². The number of nitrogens with one attached hydrogen (secondary N) is 1. The number of H-pyrrole nitrogens is 1. The molecule has 1 aliphatic rings. The zero-order valence-electron chi connectivity index (χ0n) is 16.1. The van der Waals surface area contributed by atoms with E-state index in [4.69, 9.17) is 9.15 Å². The van der Waals surface area contributed by atoms with Crippen LogP contribution in [0.2, 0.25) is 0 Å². The molecule has 0 unspecified atom stereocenters. The van der Waals surface area contributed by atoms with Gasteiger partial charge in [0.05, 0.1) is 13.4 Å². The van der Waals surface area contributed by atoms with Crippen molar-refractivity contribution in [1.29, 1.82) is 0 Å². The highest BCUT2D eigenvalue weighted by Crippen LogP contribution is 2.30. The number of hydrogen-bond donors (Lipinski definition) is 1. The smallest absolute Gasteiger partial charge is 0.134 e. The molecule has 142 valence electrons. The first kappa shape index (κ1) is 17.1. The van der Waals surface area contributed by atoms with Crippen molar-refractivity contribution in [3.05, 3.63) is 72.1 Å². The first-order valence-electron chi connectivity index (χ1n) is 9.84. The minimum absolute atomic E-state index is 0.874. The van der Waals surface area contributed by atoms with Crippen LogP contribution in [0.5, 0.6) is 5.75 Å². The Hall–Kier alpha value is -2.98. The van der Waals surface area contributed by atoms with Gasteiger partial charge in [-0.25, -0.2) is 0 Å². The molecule has 3 heterocycles. The molecule has 0 saturated heterocycles. The quantitative estimate of drug-likeness (QED) is 0.520. The standard InChI is InChI=1S/C24H24N2O2/c1-27-19-6-7-24-21(14-19)18(16-28-24)10-13-26-11-8-17(9-12-26)22-15-25-23-5-3-2-4-20(22)23/h2-8,14-16,25H,9-13H2,1H3. The van der Waals surface area contributed by atoms with Crippen molar-refractivity contribution in [2.75, 3.05) is 26.7 Å². The molecule has 5 rings (SSSR count). The van der Waals surface area contributed by atoms with E-state index < -0.39 is 0 Å². The Morgan fingerprint density at radius 1 is 1.14 bits per heavy atom. The SMILES string of the molecule is COc1ccc2occ(CCN3CC=C(c4c[nH]c5ccccc45)CC3)c2c1. The van der Waals surface area contributed by atoms with E-state index in [9.17, 15) is 0 Å². The molecule has 2 aromatic carbocycles. The molecule has 0 fully saturated rings. The second-order valence-electron chi connectivity index (χ2n) is 7.40. The molecule has 28 heavy (non-hydrogen) atoms. The van der Waals surface area contributed by atoms with E-state index in [-0.39, 0.29) is 0 Å². The molecular formula is C24H24N2O2. The Morgan fingerprint density at radius 3 is 2.93 bits per heavy atom. The minimum atomic E-state index is 0.874. The van der Waals surface area contributed by atoms with Gasteiger partial charge in [-0.15, -0.1) is 0 Å². The van der Waals surface area contributed by atoms with Crippen molar-refractivity contribution in [1.82, 2.24) is 9.88 Å². The predicted octanol–water partition coefficient (Wildman–Crippen LogP) is 5.25. The molecule has 4 aromatic rings.